The zero-order valence-electron chi connectivity index (χ0n) is 10.7. The van der Waals surface area contributed by atoms with E-state index < -0.39 is 0 Å². The molecule has 0 aromatic heterocycles. The van der Waals surface area contributed by atoms with E-state index in [0.717, 1.165) is 24.8 Å². The van der Waals surface area contributed by atoms with Gasteiger partial charge in [0, 0.05) is 19.1 Å². The van der Waals surface area contributed by atoms with Crippen LogP contribution >= 0.6 is 0 Å². The van der Waals surface area contributed by atoms with Crippen molar-refractivity contribution in [3.05, 3.63) is 35.9 Å². The van der Waals surface area contributed by atoms with Crippen LogP contribution in [0.25, 0.3) is 0 Å². The van der Waals surface area contributed by atoms with Crippen LogP contribution < -0.4 is 0 Å². The third-order valence-corrected chi connectivity index (χ3v) is 3.90. The van der Waals surface area contributed by atoms with E-state index in [9.17, 15) is 10.2 Å². The second kappa shape index (κ2) is 6.88. The average Bonchev–Trinajstić information content (AvgIpc) is 2.45. The summed E-state index contributed by atoms with van der Waals surface area (Å²) in [6, 6.07) is 10.1. The minimum Gasteiger partial charge on any atom is -0.396 e. The molecule has 3 atom stereocenters. The predicted octanol–water partition coefficient (Wildman–Crippen LogP) is 1.97. The summed E-state index contributed by atoms with van der Waals surface area (Å²) >= 11 is 0. The van der Waals surface area contributed by atoms with Crippen molar-refractivity contribution < 1.29 is 14.9 Å². The van der Waals surface area contributed by atoms with Crippen LogP contribution in [0.1, 0.15) is 24.8 Å². The number of benzene rings is 1. The fourth-order valence-electron chi connectivity index (χ4n) is 2.79. The molecule has 1 saturated carbocycles. The molecule has 0 aliphatic heterocycles. The molecule has 0 saturated heterocycles. The fraction of sp³-hybridized carbons (Fsp3) is 0.600. The first kappa shape index (κ1) is 13.5. The normalized spacial score (nSPS) is 28.2. The minimum atomic E-state index is 0.0705. The Morgan fingerprint density at radius 3 is 2.50 bits per heavy atom. The first-order valence-corrected chi connectivity index (χ1v) is 6.72. The summed E-state index contributed by atoms with van der Waals surface area (Å²) in [6.07, 6.45) is 3.11. The molecule has 3 nitrogen and oxygen atoms in total. The van der Waals surface area contributed by atoms with Gasteiger partial charge in [0.15, 0.2) is 0 Å². The number of aliphatic hydroxyl groups excluding tert-OH is 2. The van der Waals surface area contributed by atoms with Crippen LogP contribution in [-0.4, -0.2) is 29.5 Å². The van der Waals surface area contributed by atoms with Crippen molar-refractivity contribution >= 4 is 0 Å². The molecular formula is C15H22O3. The Kier molecular flexibility index (Phi) is 5.17. The number of aliphatic hydroxyl groups is 2. The second-order valence-corrected chi connectivity index (χ2v) is 5.06. The lowest BCUT2D eigenvalue weighted by atomic mass is 9.78. The highest BCUT2D eigenvalue weighted by atomic mass is 16.5. The third kappa shape index (κ3) is 3.31. The van der Waals surface area contributed by atoms with Gasteiger partial charge < -0.3 is 14.9 Å². The van der Waals surface area contributed by atoms with Gasteiger partial charge in [-0.2, -0.15) is 0 Å². The van der Waals surface area contributed by atoms with Gasteiger partial charge in [-0.1, -0.05) is 36.8 Å². The molecule has 2 rings (SSSR count). The Morgan fingerprint density at radius 1 is 1.06 bits per heavy atom. The fourth-order valence-corrected chi connectivity index (χ4v) is 2.79. The number of hydrogen-bond acceptors (Lipinski definition) is 3. The van der Waals surface area contributed by atoms with Crippen LogP contribution in [0.15, 0.2) is 30.3 Å². The van der Waals surface area contributed by atoms with Crippen molar-refractivity contribution in [1.82, 2.24) is 0 Å². The Morgan fingerprint density at radius 2 is 1.83 bits per heavy atom. The summed E-state index contributed by atoms with van der Waals surface area (Å²) in [5.41, 5.74) is 1.15. The summed E-state index contributed by atoms with van der Waals surface area (Å²) in [7, 11) is 0. The summed E-state index contributed by atoms with van der Waals surface area (Å²) < 4.78 is 5.93. The van der Waals surface area contributed by atoms with Crippen LogP contribution in [0.2, 0.25) is 0 Å². The van der Waals surface area contributed by atoms with E-state index in [-0.39, 0.29) is 31.2 Å². The second-order valence-electron chi connectivity index (χ2n) is 5.06. The standard InChI is InChI=1S/C15H22O3/c16-9-13-7-4-8-15(14(13)10-17)18-11-12-5-2-1-3-6-12/h1-3,5-6,13-17H,4,7-11H2. The van der Waals surface area contributed by atoms with E-state index in [0.29, 0.717) is 6.61 Å². The van der Waals surface area contributed by atoms with Crippen molar-refractivity contribution in [1.29, 1.82) is 0 Å². The van der Waals surface area contributed by atoms with Crippen molar-refractivity contribution in [2.75, 3.05) is 13.2 Å². The summed E-state index contributed by atoms with van der Waals surface area (Å²) in [6.45, 7) is 0.835. The summed E-state index contributed by atoms with van der Waals surface area (Å²) in [4.78, 5) is 0. The molecule has 0 amide bonds. The van der Waals surface area contributed by atoms with Crippen LogP contribution in [0.4, 0.5) is 0 Å². The first-order chi connectivity index (χ1) is 8.85. The van der Waals surface area contributed by atoms with Crippen molar-refractivity contribution in [3.8, 4) is 0 Å². The van der Waals surface area contributed by atoms with E-state index in [1.165, 1.54) is 0 Å². The highest BCUT2D eigenvalue weighted by Gasteiger charge is 2.32. The number of rotatable bonds is 5. The topological polar surface area (TPSA) is 49.7 Å². The van der Waals surface area contributed by atoms with Gasteiger partial charge >= 0.3 is 0 Å². The molecule has 1 aromatic rings. The van der Waals surface area contributed by atoms with Gasteiger partial charge in [0.05, 0.1) is 12.7 Å². The zero-order chi connectivity index (χ0) is 12.8. The van der Waals surface area contributed by atoms with Gasteiger partial charge in [-0.3, -0.25) is 0 Å². The molecule has 0 radical (unpaired) electrons. The quantitative estimate of drug-likeness (QED) is 0.840. The average molecular weight is 250 g/mol. The van der Waals surface area contributed by atoms with E-state index in [2.05, 4.69) is 0 Å². The SMILES string of the molecule is OCC1CCCC(OCc2ccccc2)C1CO. The summed E-state index contributed by atoms with van der Waals surface area (Å²) in [5, 5.41) is 18.8. The predicted molar refractivity (Wildman–Crippen MR) is 70.0 cm³/mol. The molecule has 1 aliphatic carbocycles. The molecule has 0 heterocycles. The molecule has 2 N–H and O–H groups in total. The molecule has 1 aromatic carbocycles. The van der Waals surface area contributed by atoms with Crippen LogP contribution in [0.5, 0.6) is 0 Å². The molecule has 18 heavy (non-hydrogen) atoms. The Labute approximate surface area is 108 Å². The lowest BCUT2D eigenvalue weighted by molar-refractivity contribution is -0.0693. The lowest BCUT2D eigenvalue weighted by Gasteiger charge is -2.36. The maximum atomic E-state index is 9.47. The third-order valence-electron chi connectivity index (χ3n) is 3.90. The molecule has 0 bridgehead atoms. The van der Waals surface area contributed by atoms with E-state index >= 15 is 0 Å². The Bertz CT molecular complexity index is 339. The van der Waals surface area contributed by atoms with Gasteiger partial charge in [0.25, 0.3) is 0 Å². The first-order valence-electron chi connectivity index (χ1n) is 6.72. The molecule has 1 aliphatic rings. The number of ether oxygens (including phenoxy) is 1. The van der Waals surface area contributed by atoms with Crippen molar-refractivity contribution in [2.45, 2.75) is 32.0 Å². The zero-order valence-corrected chi connectivity index (χ0v) is 10.7. The molecule has 3 unspecified atom stereocenters. The highest BCUT2D eigenvalue weighted by molar-refractivity contribution is 5.13. The Balaban J connectivity index is 1.91. The molecule has 3 heteroatoms. The Hall–Kier alpha value is -0.900. The molecule has 0 spiro atoms. The number of hydrogen-bond donors (Lipinski definition) is 2. The molecule has 100 valence electrons. The molecular weight excluding hydrogens is 228 g/mol. The smallest absolute Gasteiger partial charge is 0.0720 e. The van der Waals surface area contributed by atoms with E-state index in [1.807, 2.05) is 30.3 Å². The van der Waals surface area contributed by atoms with Crippen LogP contribution in [0, 0.1) is 11.8 Å². The van der Waals surface area contributed by atoms with Crippen molar-refractivity contribution in [3.63, 3.8) is 0 Å². The highest BCUT2D eigenvalue weighted by Crippen LogP contribution is 2.32. The minimum absolute atomic E-state index is 0.0705. The maximum absolute atomic E-state index is 9.47. The van der Waals surface area contributed by atoms with Crippen LogP contribution in [0.3, 0.4) is 0 Å². The largest absolute Gasteiger partial charge is 0.396 e. The molecule has 1 fully saturated rings. The maximum Gasteiger partial charge on any atom is 0.0720 e. The van der Waals surface area contributed by atoms with E-state index in [1.54, 1.807) is 0 Å². The lowest BCUT2D eigenvalue weighted by Crippen LogP contribution is -2.38. The van der Waals surface area contributed by atoms with Gasteiger partial charge in [0.1, 0.15) is 0 Å². The van der Waals surface area contributed by atoms with Crippen LogP contribution in [-0.2, 0) is 11.3 Å². The van der Waals surface area contributed by atoms with Gasteiger partial charge in [-0.15, -0.1) is 0 Å². The van der Waals surface area contributed by atoms with Gasteiger partial charge in [0.2, 0.25) is 0 Å². The monoisotopic (exact) mass is 250 g/mol. The summed E-state index contributed by atoms with van der Waals surface area (Å²) in [5.74, 6) is 0.261. The van der Waals surface area contributed by atoms with Crippen molar-refractivity contribution in [2.24, 2.45) is 11.8 Å². The van der Waals surface area contributed by atoms with Gasteiger partial charge in [-0.25, -0.2) is 0 Å². The van der Waals surface area contributed by atoms with Gasteiger partial charge in [-0.05, 0) is 24.3 Å². The van der Waals surface area contributed by atoms with E-state index in [4.69, 9.17) is 4.74 Å².